The first-order chi connectivity index (χ1) is 19.2. The molecule has 0 saturated heterocycles. The Morgan fingerprint density at radius 3 is 2.59 bits per heavy atom. The number of hydrogen-bond acceptors (Lipinski definition) is 4. The first-order valence-corrected chi connectivity index (χ1v) is 12.8. The van der Waals surface area contributed by atoms with E-state index in [-0.39, 0.29) is 5.82 Å². The van der Waals surface area contributed by atoms with E-state index in [9.17, 15) is 4.39 Å². The molecular weight excluding hydrogens is 491 g/mol. The number of nitrogens with zero attached hydrogens (tertiary/aromatic N) is 6. The lowest BCUT2D eigenvalue weighted by Crippen LogP contribution is -2.04. The summed E-state index contributed by atoms with van der Waals surface area (Å²) in [6, 6.07) is 23.1. The third kappa shape index (κ3) is 4.20. The molecule has 1 aliphatic heterocycles. The van der Waals surface area contributed by atoms with Crippen LogP contribution in [0.5, 0.6) is 5.75 Å². The Labute approximate surface area is 224 Å². The second-order valence-corrected chi connectivity index (χ2v) is 9.67. The van der Waals surface area contributed by atoms with Crippen LogP contribution in [0.4, 0.5) is 4.39 Å². The second-order valence-electron chi connectivity index (χ2n) is 9.67. The molecule has 0 fully saturated rings. The molecule has 3 aromatic carbocycles. The Balaban J connectivity index is 1.31. The zero-order chi connectivity index (χ0) is 26.3. The van der Waals surface area contributed by atoms with Crippen molar-refractivity contribution in [3.05, 3.63) is 126 Å². The molecule has 0 bridgehead atoms. The number of aromatic nitrogens is 6. The highest BCUT2D eigenvalue weighted by Crippen LogP contribution is 2.39. The average molecular weight is 517 g/mol. The lowest BCUT2D eigenvalue weighted by atomic mass is 10.0. The van der Waals surface area contributed by atoms with Gasteiger partial charge < -0.3 is 9.30 Å². The molecule has 39 heavy (non-hydrogen) atoms. The summed E-state index contributed by atoms with van der Waals surface area (Å²) in [4.78, 5) is 4.83. The summed E-state index contributed by atoms with van der Waals surface area (Å²) in [7, 11) is 1.66. The topological polar surface area (TPSA) is 62.7 Å². The van der Waals surface area contributed by atoms with Crippen LogP contribution in [0.3, 0.4) is 0 Å². The van der Waals surface area contributed by atoms with Crippen LogP contribution in [0, 0.1) is 5.82 Å². The number of benzene rings is 3. The fourth-order valence-corrected chi connectivity index (χ4v) is 5.26. The minimum absolute atomic E-state index is 0.238. The maximum absolute atomic E-state index is 14.4. The highest BCUT2D eigenvalue weighted by molar-refractivity contribution is 5.78. The summed E-state index contributed by atoms with van der Waals surface area (Å²) in [5.74, 6) is 0.507. The minimum atomic E-state index is -0.238. The zero-order valence-corrected chi connectivity index (χ0v) is 21.3. The van der Waals surface area contributed by atoms with Crippen molar-refractivity contribution in [2.75, 3.05) is 7.11 Å². The second kappa shape index (κ2) is 9.40. The molecule has 0 atom stereocenters. The molecule has 0 unspecified atom stereocenters. The highest BCUT2D eigenvalue weighted by Gasteiger charge is 2.26. The van der Waals surface area contributed by atoms with Crippen LogP contribution in [-0.2, 0) is 19.5 Å². The molecule has 192 valence electrons. The van der Waals surface area contributed by atoms with Gasteiger partial charge in [-0.15, -0.1) is 0 Å². The van der Waals surface area contributed by atoms with Gasteiger partial charge in [-0.2, -0.15) is 10.2 Å². The normalized spacial score (nSPS) is 11.9. The summed E-state index contributed by atoms with van der Waals surface area (Å²) in [5, 5.41) is 9.53. The smallest absolute Gasteiger partial charge is 0.128 e. The summed E-state index contributed by atoms with van der Waals surface area (Å²) in [6.45, 7) is 1.03. The molecule has 6 aromatic rings. The number of imidazole rings is 1. The third-order valence-electron chi connectivity index (χ3n) is 7.16. The Morgan fingerprint density at radius 2 is 1.74 bits per heavy atom. The van der Waals surface area contributed by atoms with Crippen LogP contribution in [0.25, 0.3) is 28.2 Å². The number of methoxy groups -OCH3 is 1. The molecule has 1 aliphatic rings. The molecule has 7 rings (SSSR count). The average Bonchev–Trinajstić information content (AvgIpc) is 3.68. The molecule has 8 heteroatoms. The third-order valence-corrected chi connectivity index (χ3v) is 7.16. The number of hydrogen-bond donors (Lipinski definition) is 0. The van der Waals surface area contributed by atoms with Crippen molar-refractivity contribution in [2.45, 2.75) is 19.5 Å². The fourth-order valence-electron chi connectivity index (χ4n) is 5.26. The van der Waals surface area contributed by atoms with E-state index in [0.717, 1.165) is 45.2 Å². The molecule has 0 N–H and O–H groups in total. The maximum Gasteiger partial charge on any atom is 0.128 e. The molecule has 0 aliphatic carbocycles. The largest absolute Gasteiger partial charge is 0.497 e. The molecule has 3 aromatic heterocycles. The number of ether oxygens (including phenoxy) is 1. The SMILES string of the molecule is COc1ccc2c(c1)-c1nn(Cc3ccccc3F)cc1Cc1c(-c3cnn(Cc4ccccc4)c3)ncn1-2. The van der Waals surface area contributed by atoms with E-state index < -0.39 is 0 Å². The van der Waals surface area contributed by atoms with E-state index in [1.54, 1.807) is 19.2 Å². The van der Waals surface area contributed by atoms with Crippen LogP contribution in [-0.4, -0.2) is 36.2 Å². The first kappa shape index (κ1) is 23.2. The van der Waals surface area contributed by atoms with Gasteiger partial charge in [0.25, 0.3) is 0 Å². The van der Waals surface area contributed by atoms with Crippen molar-refractivity contribution in [3.63, 3.8) is 0 Å². The Kier molecular flexibility index (Phi) is 5.58. The van der Waals surface area contributed by atoms with Gasteiger partial charge in [0.1, 0.15) is 17.9 Å². The van der Waals surface area contributed by atoms with E-state index in [1.165, 1.54) is 11.6 Å². The van der Waals surface area contributed by atoms with Crippen LogP contribution < -0.4 is 4.74 Å². The Hall–Kier alpha value is -4.98. The maximum atomic E-state index is 14.4. The van der Waals surface area contributed by atoms with Crippen LogP contribution in [0.15, 0.2) is 97.7 Å². The summed E-state index contributed by atoms with van der Waals surface area (Å²) in [5.41, 5.74) is 8.47. The predicted octanol–water partition coefficient (Wildman–Crippen LogP) is 5.75. The molecule has 7 nitrogen and oxygen atoms in total. The van der Waals surface area contributed by atoms with E-state index in [0.29, 0.717) is 25.1 Å². The first-order valence-electron chi connectivity index (χ1n) is 12.8. The van der Waals surface area contributed by atoms with Gasteiger partial charge in [-0.3, -0.25) is 9.36 Å². The lowest BCUT2D eigenvalue weighted by Gasteiger charge is -2.11. The van der Waals surface area contributed by atoms with Crippen LogP contribution >= 0.6 is 0 Å². The van der Waals surface area contributed by atoms with Gasteiger partial charge in [-0.25, -0.2) is 9.37 Å². The van der Waals surface area contributed by atoms with E-state index in [2.05, 4.69) is 21.8 Å². The van der Waals surface area contributed by atoms with Gasteiger partial charge in [0.2, 0.25) is 0 Å². The van der Waals surface area contributed by atoms with Crippen LogP contribution in [0.1, 0.15) is 22.4 Å². The molecule has 0 spiro atoms. The monoisotopic (exact) mass is 516 g/mol. The number of fused-ring (bicyclic) bond motifs is 5. The lowest BCUT2D eigenvalue weighted by molar-refractivity contribution is 0.415. The zero-order valence-electron chi connectivity index (χ0n) is 21.3. The number of rotatable bonds is 6. The van der Waals surface area contributed by atoms with Crippen molar-refractivity contribution < 1.29 is 9.13 Å². The minimum Gasteiger partial charge on any atom is -0.497 e. The predicted molar refractivity (Wildman–Crippen MR) is 146 cm³/mol. The van der Waals surface area contributed by atoms with Crippen LogP contribution in [0.2, 0.25) is 0 Å². The molecular formula is C31H25FN6O. The summed E-state index contributed by atoms with van der Waals surface area (Å²) in [6.07, 6.45) is 8.40. The van der Waals surface area contributed by atoms with Crippen molar-refractivity contribution in [2.24, 2.45) is 0 Å². The van der Waals surface area contributed by atoms with Gasteiger partial charge in [0.05, 0.1) is 49.2 Å². The molecule has 0 saturated carbocycles. The van der Waals surface area contributed by atoms with E-state index in [1.807, 2.05) is 76.7 Å². The highest BCUT2D eigenvalue weighted by atomic mass is 19.1. The Bertz CT molecular complexity index is 1800. The summed E-state index contributed by atoms with van der Waals surface area (Å²) >= 11 is 0. The summed E-state index contributed by atoms with van der Waals surface area (Å²) < 4.78 is 25.8. The van der Waals surface area contributed by atoms with Crippen molar-refractivity contribution >= 4 is 0 Å². The van der Waals surface area contributed by atoms with Crippen molar-refractivity contribution in [1.82, 2.24) is 29.1 Å². The number of halogens is 1. The van der Waals surface area contributed by atoms with Gasteiger partial charge >= 0.3 is 0 Å². The van der Waals surface area contributed by atoms with E-state index in [4.69, 9.17) is 14.8 Å². The van der Waals surface area contributed by atoms with E-state index >= 15 is 0 Å². The quantitative estimate of drug-likeness (QED) is 0.283. The van der Waals surface area contributed by atoms with Gasteiger partial charge in [-0.05, 0) is 29.8 Å². The Morgan fingerprint density at radius 1 is 0.897 bits per heavy atom. The van der Waals surface area contributed by atoms with Gasteiger partial charge in [-0.1, -0.05) is 48.5 Å². The van der Waals surface area contributed by atoms with Gasteiger partial charge in [0.15, 0.2) is 0 Å². The standard InChI is InChI=1S/C31H25FN6O/c1-39-25-11-12-28-26(14-25)30-23(18-37(35-30)17-22-9-5-6-10-27(22)32)13-29-31(33-20-38(28)29)24-15-34-36(19-24)16-21-7-3-2-4-8-21/h2-12,14-15,18-20H,13,16-17H2,1H3. The molecule has 0 amide bonds. The molecule has 4 heterocycles. The molecule has 0 radical (unpaired) electrons. The fraction of sp³-hybridized carbons (Fsp3) is 0.129. The van der Waals surface area contributed by atoms with Crippen molar-refractivity contribution in [1.29, 1.82) is 0 Å². The van der Waals surface area contributed by atoms with Gasteiger partial charge in [0, 0.05) is 41.1 Å². The van der Waals surface area contributed by atoms with Crippen molar-refractivity contribution in [3.8, 4) is 34.0 Å².